The van der Waals surface area contributed by atoms with Crippen molar-refractivity contribution in [3.63, 3.8) is 0 Å². The predicted octanol–water partition coefficient (Wildman–Crippen LogP) is 0.144. The average molecular weight is 245 g/mol. The number of amides is 1. The summed E-state index contributed by atoms with van der Waals surface area (Å²) in [6, 6.07) is 1.24. The second-order valence-corrected chi connectivity index (χ2v) is 5.08. The van der Waals surface area contributed by atoms with Crippen LogP contribution < -0.4 is 5.14 Å². The van der Waals surface area contributed by atoms with Crippen LogP contribution >= 0.6 is 0 Å². The van der Waals surface area contributed by atoms with Crippen molar-refractivity contribution in [1.29, 1.82) is 0 Å². The second kappa shape index (κ2) is 4.67. The van der Waals surface area contributed by atoms with Crippen LogP contribution in [0, 0.1) is 0 Å². The summed E-state index contributed by atoms with van der Waals surface area (Å²) in [5.41, 5.74) is 0.222. The number of carbonyl (C=O) groups is 1. The number of hydrogen-bond donors (Lipinski definition) is 2. The number of nitrogens with one attached hydrogen (secondary N) is 1. The van der Waals surface area contributed by atoms with Gasteiger partial charge in [-0.2, -0.15) is 0 Å². The van der Waals surface area contributed by atoms with Gasteiger partial charge in [0.1, 0.15) is 5.69 Å². The van der Waals surface area contributed by atoms with Gasteiger partial charge in [0.15, 0.2) is 0 Å². The lowest BCUT2D eigenvalue weighted by molar-refractivity contribution is 0.0790. The van der Waals surface area contributed by atoms with Crippen LogP contribution in [-0.4, -0.2) is 37.8 Å². The van der Waals surface area contributed by atoms with Gasteiger partial charge in [0, 0.05) is 19.8 Å². The number of rotatable bonds is 4. The van der Waals surface area contributed by atoms with Crippen LogP contribution in [0.15, 0.2) is 17.2 Å². The SMILES string of the molecule is CCCN(C)C(=O)c1cc(S(N)(=O)=O)c[nH]1. The van der Waals surface area contributed by atoms with Gasteiger partial charge in [0.2, 0.25) is 10.0 Å². The van der Waals surface area contributed by atoms with Gasteiger partial charge in [0.25, 0.3) is 5.91 Å². The van der Waals surface area contributed by atoms with E-state index in [2.05, 4.69) is 4.98 Å². The zero-order chi connectivity index (χ0) is 12.3. The zero-order valence-corrected chi connectivity index (χ0v) is 10.0. The maximum atomic E-state index is 11.7. The highest BCUT2D eigenvalue weighted by Gasteiger charge is 2.16. The second-order valence-electron chi connectivity index (χ2n) is 3.52. The van der Waals surface area contributed by atoms with Gasteiger partial charge in [-0.15, -0.1) is 0 Å². The third-order valence-corrected chi connectivity index (χ3v) is 3.01. The Balaban J connectivity index is 2.91. The van der Waals surface area contributed by atoms with Crippen LogP contribution in [0.3, 0.4) is 0 Å². The van der Waals surface area contributed by atoms with E-state index in [0.717, 1.165) is 6.42 Å². The number of hydrogen-bond acceptors (Lipinski definition) is 3. The van der Waals surface area contributed by atoms with Crippen LogP contribution in [0.5, 0.6) is 0 Å². The Morgan fingerprint density at radius 3 is 2.62 bits per heavy atom. The van der Waals surface area contributed by atoms with E-state index >= 15 is 0 Å². The first-order valence-corrected chi connectivity index (χ1v) is 6.37. The molecule has 0 saturated heterocycles. The third kappa shape index (κ3) is 2.83. The summed E-state index contributed by atoms with van der Waals surface area (Å²) >= 11 is 0. The molecule has 1 heterocycles. The minimum atomic E-state index is -3.76. The Labute approximate surface area is 94.5 Å². The Morgan fingerprint density at radius 2 is 2.19 bits per heavy atom. The topological polar surface area (TPSA) is 96.3 Å². The molecule has 7 heteroatoms. The normalized spacial score (nSPS) is 11.4. The quantitative estimate of drug-likeness (QED) is 0.789. The number of aromatic amines is 1. The fourth-order valence-corrected chi connectivity index (χ4v) is 1.81. The van der Waals surface area contributed by atoms with Crippen LogP contribution in [0.1, 0.15) is 23.8 Å². The molecule has 0 aromatic carbocycles. The Hall–Kier alpha value is -1.34. The number of primary sulfonamides is 1. The zero-order valence-electron chi connectivity index (χ0n) is 9.23. The molecule has 90 valence electrons. The van der Waals surface area contributed by atoms with Gasteiger partial charge in [0.05, 0.1) is 4.90 Å². The number of sulfonamides is 1. The molecule has 1 rings (SSSR count). The third-order valence-electron chi connectivity index (χ3n) is 2.12. The van der Waals surface area contributed by atoms with Gasteiger partial charge in [-0.05, 0) is 12.5 Å². The first-order chi connectivity index (χ1) is 7.36. The van der Waals surface area contributed by atoms with Crippen LogP contribution in [0.4, 0.5) is 0 Å². The van der Waals surface area contributed by atoms with Crippen molar-refractivity contribution in [2.45, 2.75) is 18.2 Å². The highest BCUT2D eigenvalue weighted by atomic mass is 32.2. The van der Waals surface area contributed by atoms with Crippen molar-refractivity contribution in [2.75, 3.05) is 13.6 Å². The molecular weight excluding hydrogens is 230 g/mol. The molecule has 0 spiro atoms. The van der Waals surface area contributed by atoms with Crippen molar-refractivity contribution in [1.82, 2.24) is 9.88 Å². The van der Waals surface area contributed by atoms with Crippen LogP contribution in [-0.2, 0) is 10.0 Å². The summed E-state index contributed by atoms with van der Waals surface area (Å²) < 4.78 is 22.0. The molecule has 0 radical (unpaired) electrons. The maximum absolute atomic E-state index is 11.7. The number of carbonyl (C=O) groups excluding carboxylic acids is 1. The highest BCUT2D eigenvalue weighted by Crippen LogP contribution is 2.10. The van der Waals surface area contributed by atoms with Gasteiger partial charge in [-0.3, -0.25) is 4.79 Å². The van der Waals surface area contributed by atoms with Crippen molar-refractivity contribution in [2.24, 2.45) is 5.14 Å². The number of nitrogens with two attached hydrogens (primary N) is 1. The predicted molar refractivity (Wildman–Crippen MR) is 59.4 cm³/mol. The highest BCUT2D eigenvalue weighted by molar-refractivity contribution is 7.89. The number of H-pyrrole nitrogens is 1. The summed E-state index contributed by atoms with van der Waals surface area (Å²) in [7, 11) is -2.10. The molecule has 3 N–H and O–H groups in total. The fraction of sp³-hybridized carbons (Fsp3) is 0.444. The molecule has 0 atom stereocenters. The van der Waals surface area contributed by atoms with Gasteiger partial charge in [-0.1, -0.05) is 6.92 Å². The molecule has 0 aliphatic rings. The number of nitrogens with zero attached hydrogens (tertiary/aromatic N) is 1. The van der Waals surface area contributed by atoms with E-state index in [1.807, 2.05) is 6.92 Å². The molecule has 0 aliphatic heterocycles. The molecule has 1 aromatic rings. The lowest BCUT2D eigenvalue weighted by Gasteiger charge is -2.14. The van der Waals surface area contributed by atoms with Crippen LogP contribution in [0.25, 0.3) is 0 Å². The van der Waals surface area contributed by atoms with Crippen molar-refractivity contribution < 1.29 is 13.2 Å². The number of aromatic nitrogens is 1. The molecule has 0 saturated carbocycles. The molecule has 0 fully saturated rings. The summed E-state index contributed by atoms with van der Waals surface area (Å²) in [5.74, 6) is -0.253. The molecule has 16 heavy (non-hydrogen) atoms. The molecule has 0 aliphatic carbocycles. The van der Waals surface area contributed by atoms with Gasteiger partial charge >= 0.3 is 0 Å². The van der Waals surface area contributed by atoms with E-state index < -0.39 is 10.0 Å². The van der Waals surface area contributed by atoms with Crippen molar-refractivity contribution in [3.8, 4) is 0 Å². The Kier molecular flexibility index (Phi) is 3.71. The minimum absolute atomic E-state index is 0.0826. The molecule has 0 unspecified atom stereocenters. The summed E-state index contributed by atoms with van der Waals surface area (Å²) in [6.07, 6.45) is 2.05. The van der Waals surface area contributed by atoms with Gasteiger partial charge in [-0.25, -0.2) is 13.6 Å². The summed E-state index contributed by atoms with van der Waals surface area (Å²) in [5, 5.41) is 4.93. The van der Waals surface area contributed by atoms with E-state index in [1.54, 1.807) is 7.05 Å². The van der Waals surface area contributed by atoms with Gasteiger partial charge < -0.3 is 9.88 Å². The Morgan fingerprint density at radius 1 is 1.56 bits per heavy atom. The monoisotopic (exact) mass is 245 g/mol. The molecular formula is C9H15N3O3S. The standard InChI is InChI=1S/C9H15N3O3S/c1-3-4-12(2)9(13)8-5-7(6-11-8)16(10,14)15/h5-6,11H,3-4H2,1-2H3,(H2,10,14,15). The first-order valence-electron chi connectivity index (χ1n) is 4.83. The van der Waals surface area contributed by atoms with E-state index in [9.17, 15) is 13.2 Å². The van der Waals surface area contributed by atoms with E-state index in [4.69, 9.17) is 5.14 Å². The lowest BCUT2D eigenvalue weighted by atomic mass is 10.3. The van der Waals surface area contributed by atoms with E-state index in [1.165, 1.54) is 17.2 Å². The lowest BCUT2D eigenvalue weighted by Crippen LogP contribution is -2.27. The smallest absolute Gasteiger partial charge is 0.270 e. The molecule has 1 aromatic heterocycles. The van der Waals surface area contributed by atoms with Crippen molar-refractivity contribution >= 4 is 15.9 Å². The molecule has 0 bridgehead atoms. The summed E-state index contributed by atoms with van der Waals surface area (Å²) in [4.78, 5) is 15.8. The van der Waals surface area contributed by atoms with E-state index in [0.29, 0.717) is 6.54 Å². The average Bonchev–Trinajstić information content (AvgIpc) is 2.65. The fourth-order valence-electron chi connectivity index (χ4n) is 1.30. The first kappa shape index (κ1) is 12.7. The molecule has 6 nitrogen and oxygen atoms in total. The minimum Gasteiger partial charge on any atom is -0.356 e. The largest absolute Gasteiger partial charge is 0.356 e. The Bertz CT molecular complexity index is 478. The molecule has 1 amide bonds. The summed E-state index contributed by atoms with van der Waals surface area (Å²) in [6.45, 7) is 2.57. The van der Waals surface area contributed by atoms with E-state index in [-0.39, 0.29) is 16.5 Å². The van der Waals surface area contributed by atoms with Crippen molar-refractivity contribution in [3.05, 3.63) is 18.0 Å². The van der Waals surface area contributed by atoms with Crippen LogP contribution in [0.2, 0.25) is 0 Å². The maximum Gasteiger partial charge on any atom is 0.270 e.